The Labute approximate surface area is 183 Å². The van der Waals surface area contributed by atoms with Crippen molar-refractivity contribution in [2.45, 2.75) is 32.6 Å². The summed E-state index contributed by atoms with van der Waals surface area (Å²) >= 11 is 0. The van der Waals surface area contributed by atoms with Crippen molar-refractivity contribution >= 4 is 17.4 Å². The number of esters is 1. The van der Waals surface area contributed by atoms with Gasteiger partial charge in [-0.15, -0.1) is 0 Å². The van der Waals surface area contributed by atoms with Gasteiger partial charge in [0.2, 0.25) is 0 Å². The topological polar surface area (TPSA) is 65.1 Å². The number of hydrogen-bond acceptors (Lipinski definition) is 6. The van der Waals surface area contributed by atoms with E-state index in [4.69, 9.17) is 14.2 Å². The molecule has 3 rings (SSSR count). The molecule has 0 saturated heterocycles. The molecule has 164 valence electrons. The van der Waals surface area contributed by atoms with Crippen LogP contribution in [-0.4, -0.2) is 39.1 Å². The van der Waals surface area contributed by atoms with Crippen LogP contribution in [0.3, 0.4) is 0 Å². The summed E-state index contributed by atoms with van der Waals surface area (Å²) in [5, 5.41) is 0. The van der Waals surface area contributed by atoms with Crippen molar-refractivity contribution in [2.24, 2.45) is 0 Å². The number of fused-ring (bicyclic) bond motifs is 1. The van der Waals surface area contributed by atoms with E-state index in [9.17, 15) is 9.59 Å². The number of methoxy groups -OCH3 is 1. The second-order valence-corrected chi connectivity index (χ2v) is 7.99. The van der Waals surface area contributed by atoms with Gasteiger partial charge in [0.15, 0.2) is 23.9 Å². The summed E-state index contributed by atoms with van der Waals surface area (Å²) in [5.74, 6) is 0.150. The maximum Gasteiger partial charge on any atom is 0.338 e. The molecular weight excluding hydrogens is 394 g/mol. The van der Waals surface area contributed by atoms with Crippen LogP contribution in [-0.2, 0) is 14.9 Å². The third-order valence-corrected chi connectivity index (χ3v) is 5.44. The maximum absolute atomic E-state index is 12.6. The fourth-order valence-corrected chi connectivity index (χ4v) is 3.80. The van der Waals surface area contributed by atoms with Gasteiger partial charge in [-0.05, 0) is 36.2 Å². The van der Waals surface area contributed by atoms with Crippen LogP contribution in [0.1, 0.15) is 43.1 Å². The first-order chi connectivity index (χ1) is 14.8. The molecule has 0 radical (unpaired) electrons. The van der Waals surface area contributed by atoms with E-state index in [0.29, 0.717) is 23.7 Å². The van der Waals surface area contributed by atoms with Crippen molar-refractivity contribution in [2.75, 3.05) is 32.3 Å². The largest absolute Gasteiger partial charge is 0.493 e. The van der Waals surface area contributed by atoms with E-state index in [1.165, 1.54) is 7.11 Å². The van der Waals surface area contributed by atoms with Gasteiger partial charge in [0.05, 0.1) is 19.3 Å². The van der Waals surface area contributed by atoms with E-state index in [1.54, 1.807) is 24.3 Å². The Morgan fingerprint density at radius 1 is 1.10 bits per heavy atom. The van der Waals surface area contributed by atoms with Gasteiger partial charge in [-0.1, -0.05) is 39.0 Å². The lowest BCUT2D eigenvalue weighted by Gasteiger charge is -2.23. The summed E-state index contributed by atoms with van der Waals surface area (Å²) in [6.07, 6.45) is 2.43. The Morgan fingerprint density at radius 2 is 1.84 bits per heavy atom. The second kappa shape index (κ2) is 9.25. The van der Waals surface area contributed by atoms with Crippen LogP contribution < -0.4 is 14.4 Å². The minimum absolute atomic E-state index is 0.272. The third kappa shape index (κ3) is 4.58. The molecule has 2 aromatic rings. The quantitative estimate of drug-likeness (QED) is 0.459. The van der Waals surface area contributed by atoms with Crippen molar-refractivity contribution in [3.63, 3.8) is 0 Å². The highest BCUT2D eigenvalue weighted by Crippen LogP contribution is 2.46. The van der Waals surface area contributed by atoms with Gasteiger partial charge in [0, 0.05) is 29.9 Å². The van der Waals surface area contributed by atoms with Gasteiger partial charge in [-0.2, -0.15) is 0 Å². The molecule has 0 saturated carbocycles. The van der Waals surface area contributed by atoms with Crippen molar-refractivity contribution in [3.05, 3.63) is 65.4 Å². The van der Waals surface area contributed by atoms with Crippen LogP contribution in [0.4, 0.5) is 5.69 Å². The van der Waals surface area contributed by atoms with Crippen LogP contribution in [0.5, 0.6) is 11.5 Å². The Kier molecular flexibility index (Phi) is 6.68. The number of rotatable bonds is 8. The molecule has 0 aromatic heterocycles. The van der Waals surface area contributed by atoms with Gasteiger partial charge in [0.1, 0.15) is 0 Å². The minimum atomic E-state index is -0.589. The number of ether oxygens (including phenoxy) is 3. The number of allylic oxidation sites excluding steroid dienone is 1. The number of benzene rings is 2. The molecule has 1 aliphatic heterocycles. The zero-order chi connectivity index (χ0) is 22.6. The minimum Gasteiger partial charge on any atom is -0.493 e. The number of carbonyl (C=O) groups is 2. The molecule has 0 unspecified atom stereocenters. The van der Waals surface area contributed by atoms with Gasteiger partial charge in [-0.25, -0.2) is 4.79 Å². The number of hydrogen-bond donors (Lipinski definition) is 0. The predicted molar refractivity (Wildman–Crippen MR) is 120 cm³/mol. The maximum atomic E-state index is 12.6. The SMILES string of the molecule is CCCOc1ccc(C(=O)OCC(=O)C=C2N(C)c3ccccc3C2(C)C)cc1OC. The summed E-state index contributed by atoms with van der Waals surface area (Å²) in [4.78, 5) is 27.0. The second-order valence-electron chi connectivity index (χ2n) is 7.99. The van der Waals surface area contributed by atoms with Gasteiger partial charge in [-0.3, -0.25) is 4.79 Å². The Bertz CT molecular complexity index is 1010. The number of ketones is 1. The van der Waals surface area contributed by atoms with Gasteiger partial charge < -0.3 is 19.1 Å². The molecule has 0 spiro atoms. The van der Waals surface area contributed by atoms with E-state index >= 15 is 0 Å². The van der Waals surface area contributed by atoms with Crippen LogP contribution in [0, 0.1) is 0 Å². The standard InChI is InChI=1S/C25H29NO5/c1-6-13-30-21-12-11-17(14-22(21)29-5)24(28)31-16-18(27)15-23-25(2,3)19-9-7-8-10-20(19)26(23)4/h7-12,14-15H,6,13,16H2,1-5H3. The number of nitrogens with zero attached hydrogens (tertiary/aromatic N) is 1. The summed E-state index contributed by atoms with van der Waals surface area (Å²) < 4.78 is 16.1. The number of carbonyl (C=O) groups excluding carboxylic acids is 2. The normalized spacial score (nSPS) is 15.5. The Hall–Kier alpha value is -3.28. The van der Waals surface area contributed by atoms with E-state index in [0.717, 1.165) is 23.4 Å². The van der Waals surface area contributed by atoms with Crippen LogP contribution in [0.25, 0.3) is 0 Å². The Morgan fingerprint density at radius 3 is 2.52 bits per heavy atom. The number of anilines is 1. The van der Waals surface area contributed by atoms with Crippen molar-refractivity contribution in [1.82, 2.24) is 0 Å². The average molecular weight is 424 g/mol. The van der Waals surface area contributed by atoms with Gasteiger partial charge >= 0.3 is 5.97 Å². The van der Waals surface area contributed by atoms with E-state index in [-0.39, 0.29) is 17.8 Å². The number of para-hydroxylation sites is 1. The highest BCUT2D eigenvalue weighted by atomic mass is 16.5. The average Bonchev–Trinajstić information content (AvgIpc) is 2.96. The molecule has 31 heavy (non-hydrogen) atoms. The Balaban J connectivity index is 1.68. The lowest BCUT2D eigenvalue weighted by molar-refractivity contribution is -0.117. The molecule has 0 aliphatic carbocycles. The molecule has 0 bridgehead atoms. The van der Waals surface area contributed by atoms with E-state index in [1.807, 2.05) is 37.1 Å². The molecule has 0 amide bonds. The lowest BCUT2D eigenvalue weighted by Crippen LogP contribution is -2.25. The van der Waals surface area contributed by atoms with E-state index < -0.39 is 5.97 Å². The molecule has 0 N–H and O–H groups in total. The zero-order valence-corrected chi connectivity index (χ0v) is 18.7. The fraction of sp³-hybridized carbons (Fsp3) is 0.360. The van der Waals surface area contributed by atoms with Gasteiger partial charge in [0.25, 0.3) is 0 Å². The predicted octanol–water partition coefficient (Wildman–Crippen LogP) is 4.52. The summed E-state index contributed by atoms with van der Waals surface area (Å²) in [6, 6.07) is 12.9. The van der Waals surface area contributed by atoms with Crippen LogP contribution in [0.15, 0.2) is 54.2 Å². The highest BCUT2D eigenvalue weighted by Gasteiger charge is 2.38. The molecule has 6 heteroatoms. The van der Waals surface area contributed by atoms with E-state index in [2.05, 4.69) is 19.9 Å². The molecule has 0 fully saturated rings. The monoisotopic (exact) mass is 423 g/mol. The van der Waals surface area contributed by atoms with Crippen molar-refractivity contribution in [3.8, 4) is 11.5 Å². The molecular formula is C25H29NO5. The van der Waals surface area contributed by atoms with Crippen molar-refractivity contribution < 1.29 is 23.8 Å². The third-order valence-electron chi connectivity index (χ3n) is 5.44. The van der Waals surface area contributed by atoms with Crippen molar-refractivity contribution in [1.29, 1.82) is 0 Å². The molecule has 1 aliphatic rings. The first-order valence-electron chi connectivity index (χ1n) is 10.4. The highest BCUT2D eigenvalue weighted by molar-refractivity contribution is 5.96. The van der Waals surface area contributed by atoms with Crippen LogP contribution in [0.2, 0.25) is 0 Å². The summed E-state index contributed by atoms with van der Waals surface area (Å²) in [6.45, 7) is 6.38. The zero-order valence-electron chi connectivity index (χ0n) is 18.7. The molecule has 2 aromatic carbocycles. The summed E-state index contributed by atoms with van der Waals surface area (Å²) in [7, 11) is 3.45. The smallest absolute Gasteiger partial charge is 0.338 e. The molecule has 1 heterocycles. The molecule has 6 nitrogen and oxygen atoms in total. The first-order valence-corrected chi connectivity index (χ1v) is 10.4. The first kappa shape index (κ1) is 22.4. The number of likely N-dealkylation sites (N-methyl/N-ethyl adjacent to an activating group) is 1. The van der Waals surface area contributed by atoms with Crippen LogP contribution >= 0.6 is 0 Å². The fourth-order valence-electron chi connectivity index (χ4n) is 3.80. The molecule has 0 atom stereocenters. The summed E-state index contributed by atoms with van der Waals surface area (Å²) in [5.41, 5.74) is 3.08. The lowest BCUT2D eigenvalue weighted by atomic mass is 9.83.